The van der Waals surface area contributed by atoms with Gasteiger partial charge >= 0.3 is 0 Å². The van der Waals surface area contributed by atoms with Crippen molar-refractivity contribution in [2.75, 3.05) is 5.32 Å². The lowest BCUT2D eigenvalue weighted by Gasteiger charge is -2.10. The second-order valence-electron chi connectivity index (χ2n) is 6.49. The zero-order chi connectivity index (χ0) is 20.6. The van der Waals surface area contributed by atoms with Crippen LogP contribution >= 0.6 is 0 Å². The molecule has 0 fully saturated rings. The Kier molecular flexibility index (Phi) is 5.96. The van der Waals surface area contributed by atoms with Crippen LogP contribution in [0.15, 0.2) is 97.7 Å². The van der Waals surface area contributed by atoms with Crippen LogP contribution in [0, 0.1) is 0 Å². The summed E-state index contributed by atoms with van der Waals surface area (Å²) in [6.07, 6.45) is 10.2. The van der Waals surface area contributed by atoms with Crippen LogP contribution in [0.2, 0.25) is 0 Å². The summed E-state index contributed by atoms with van der Waals surface area (Å²) in [5.74, 6) is 0.537. The fourth-order valence-electron chi connectivity index (χ4n) is 2.87. The van der Waals surface area contributed by atoms with E-state index in [9.17, 15) is 4.79 Å². The van der Waals surface area contributed by atoms with Gasteiger partial charge in [0.05, 0.1) is 23.4 Å². The van der Waals surface area contributed by atoms with E-state index in [1.807, 2.05) is 77.5 Å². The van der Waals surface area contributed by atoms with Gasteiger partial charge in [0.15, 0.2) is 0 Å². The lowest BCUT2D eigenvalue weighted by atomic mass is 10.2. The summed E-state index contributed by atoms with van der Waals surface area (Å²) in [4.78, 5) is 20.7. The van der Waals surface area contributed by atoms with Gasteiger partial charge in [0, 0.05) is 24.7 Å². The Bertz CT molecular complexity index is 1120. The zero-order valence-electron chi connectivity index (χ0n) is 16.2. The van der Waals surface area contributed by atoms with Crippen LogP contribution in [0.1, 0.15) is 11.3 Å². The maximum Gasteiger partial charge on any atom is 0.248 e. The number of anilines is 1. The van der Waals surface area contributed by atoms with Gasteiger partial charge in [-0.1, -0.05) is 30.3 Å². The van der Waals surface area contributed by atoms with E-state index in [0.29, 0.717) is 12.3 Å². The molecule has 2 aromatic heterocycles. The molecule has 6 nitrogen and oxygen atoms in total. The molecular weight excluding hydrogens is 376 g/mol. The number of nitrogens with zero attached hydrogens (tertiary/aromatic N) is 3. The molecule has 0 radical (unpaired) electrons. The van der Waals surface area contributed by atoms with Crippen LogP contribution in [0.5, 0.6) is 5.75 Å². The summed E-state index contributed by atoms with van der Waals surface area (Å²) in [6, 6.07) is 20.8. The normalized spacial score (nSPS) is 10.8. The molecule has 2 aromatic carbocycles. The predicted octanol–water partition coefficient (Wildman–Crippen LogP) is 4.50. The number of imidazole rings is 1. The molecule has 1 amide bonds. The van der Waals surface area contributed by atoms with Crippen molar-refractivity contribution in [1.29, 1.82) is 0 Å². The number of hydrogen-bond donors (Lipinski definition) is 1. The highest BCUT2D eigenvalue weighted by molar-refractivity contribution is 6.03. The van der Waals surface area contributed by atoms with Gasteiger partial charge < -0.3 is 14.6 Å². The van der Waals surface area contributed by atoms with E-state index in [4.69, 9.17) is 4.74 Å². The molecule has 0 unspecified atom stereocenters. The zero-order valence-corrected chi connectivity index (χ0v) is 16.2. The average molecular weight is 396 g/mol. The number of para-hydroxylation sites is 2. The molecule has 1 N–H and O–H groups in total. The number of amides is 1. The topological polar surface area (TPSA) is 69.0 Å². The quantitative estimate of drug-likeness (QED) is 0.467. The summed E-state index contributed by atoms with van der Waals surface area (Å²) < 4.78 is 7.58. The van der Waals surface area contributed by atoms with E-state index in [1.165, 1.54) is 6.08 Å². The van der Waals surface area contributed by atoms with Crippen LogP contribution in [0.25, 0.3) is 11.8 Å². The first-order valence-corrected chi connectivity index (χ1v) is 9.47. The number of benzene rings is 2. The van der Waals surface area contributed by atoms with Crippen molar-refractivity contribution in [1.82, 2.24) is 14.5 Å². The summed E-state index contributed by atoms with van der Waals surface area (Å²) in [7, 11) is 0. The molecule has 0 spiro atoms. The first kappa shape index (κ1) is 19.1. The van der Waals surface area contributed by atoms with Crippen molar-refractivity contribution in [3.8, 4) is 11.4 Å². The van der Waals surface area contributed by atoms with Crippen LogP contribution in [0.3, 0.4) is 0 Å². The van der Waals surface area contributed by atoms with Crippen molar-refractivity contribution in [3.05, 3.63) is 109 Å². The summed E-state index contributed by atoms with van der Waals surface area (Å²) >= 11 is 0. The van der Waals surface area contributed by atoms with Gasteiger partial charge in [-0.2, -0.15) is 0 Å². The Balaban J connectivity index is 1.36. The van der Waals surface area contributed by atoms with E-state index in [-0.39, 0.29) is 5.91 Å². The second kappa shape index (κ2) is 9.34. The Morgan fingerprint density at radius 1 is 1.00 bits per heavy atom. The van der Waals surface area contributed by atoms with Gasteiger partial charge in [-0.3, -0.25) is 9.78 Å². The Morgan fingerprint density at radius 3 is 2.60 bits per heavy atom. The number of carbonyl (C=O) groups excluding carboxylic acids is 1. The number of hydrogen-bond acceptors (Lipinski definition) is 4. The van der Waals surface area contributed by atoms with Gasteiger partial charge in [-0.15, -0.1) is 0 Å². The molecular formula is C24H20N4O2. The monoisotopic (exact) mass is 396 g/mol. The summed E-state index contributed by atoms with van der Waals surface area (Å²) in [6.45, 7) is 0.411. The van der Waals surface area contributed by atoms with Gasteiger partial charge in [-0.05, 0) is 48.0 Å². The fraction of sp³-hybridized carbons (Fsp3) is 0.0417. The number of pyridine rings is 1. The van der Waals surface area contributed by atoms with Crippen molar-refractivity contribution >= 4 is 17.7 Å². The van der Waals surface area contributed by atoms with E-state index in [0.717, 1.165) is 22.7 Å². The van der Waals surface area contributed by atoms with Gasteiger partial charge in [0.1, 0.15) is 12.4 Å². The maximum absolute atomic E-state index is 12.4. The molecule has 0 aliphatic heterocycles. The third-order valence-electron chi connectivity index (χ3n) is 4.36. The largest absolute Gasteiger partial charge is 0.487 e. The summed E-state index contributed by atoms with van der Waals surface area (Å²) in [5, 5.41) is 2.91. The first-order chi connectivity index (χ1) is 14.8. The average Bonchev–Trinajstić information content (AvgIpc) is 3.33. The molecule has 4 aromatic rings. The Morgan fingerprint density at radius 2 is 1.83 bits per heavy atom. The highest BCUT2D eigenvalue weighted by Gasteiger charge is 2.05. The van der Waals surface area contributed by atoms with Crippen molar-refractivity contribution < 1.29 is 9.53 Å². The van der Waals surface area contributed by atoms with Gasteiger partial charge in [0.2, 0.25) is 5.91 Å². The van der Waals surface area contributed by atoms with Crippen LogP contribution in [0.4, 0.5) is 5.69 Å². The van der Waals surface area contributed by atoms with E-state index in [2.05, 4.69) is 15.3 Å². The minimum Gasteiger partial charge on any atom is -0.487 e. The third-order valence-corrected chi connectivity index (χ3v) is 4.36. The lowest BCUT2D eigenvalue weighted by Crippen LogP contribution is -2.10. The maximum atomic E-state index is 12.4. The molecule has 30 heavy (non-hydrogen) atoms. The van der Waals surface area contributed by atoms with Crippen molar-refractivity contribution in [3.63, 3.8) is 0 Å². The first-order valence-electron chi connectivity index (χ1n) is 9.47. The molecule has 0 atom stereocenters. The minimum atomic E-state index is -0.210. The number of carbonyl (C=O) groups is 1. The molecule has 0 saturated carbocycles. The molecule has 0 bridgehead atoms. The highest BCUT2D eigenvalue weighted by Crippen LogP contribution is 2.20. The molecule has 6 heteroatoms. The molecule has 0 saturated heterocycles. The van der Waals surface area contributed by atoms with Crippen molar-refractivity contribution in [2.45, 2.75) is 6.61 Å². The Hall–Kier alpha value is -4.19. The van der Waals surface area contributed by atoms with Gasteiger partial charge in [0.25, 0.3) is 0 Å². The number of aromatic nitrogens is 3. The number of ether oxygens (including phenoxy) is 1. The highest BCUT2D eigenvalue weighted by atomic mass is 16.5. The SMILES string of the molecule is O=C(C=Cc1ccc(OCc2ccccn2)cc1)Nc1ccccc1-n1ccnc1. The lowest BCUT2D eigenvalue weighted by molar-refractivity contribution is -0.111. The van der Waals surface area contributed by atoms with Crippen LogP contribution in [-0.4, -0.2) is 20.4 Å². The van der Waals surface area contributed by atoms with E-state index >= 15 is 0 Å². The van der Waals surface area contributed by atoms with Gasteiger partial charge in [-0.25, -0.2) is 4.98 Å². The molecule has 4 rings (SSSR count). The molecule has 0 aliphatic rings. The summed E-state index contributed by atoms with van der Waals surface area (Å²) in [5.41, 5.74) is 3.34. The standard InChI is InChI=1S/C24H20N4O2/c29-24(27-22-6-1-2-7-23(22)28-16-15-25-18-28)13-10-19-8-11-21(12-9-19)30-17-20-5-3-4-14-26-20/h1-16,18H,17H2,(H,27,29). The van der Waals surface area contributed by atoms with Crippen LogP contribution < -0.4 is 10.1 Å². The Labute approximate surface area is 174 Å². The number of rotatable bonds is 7. The molecule has 148 valence electrons. The van der Waals surface area contributed by atoms with E-state index < -0.39 is 0 Å². The molecule has 2 heterocycles. The van der Waals surface area contributed by atoms with E-state index in [1.54, 1.807) is 24.8 Å². The molecule has 0 aliphatic carbocycles. The van der Waals surface area contributed by atoms with Crippen molar-refractivity contribution in [2.24, 2.45) is 0 Å². The van der Waals surface area contributed by atoms with Crippen LogP contribution in [-0.2, 0) is 11.4 Å². The fourth-order valence-corrected chi connectivity index (χ4v) is 2.87. The third kappa shape index (κ3) is 4.99. The second-order valence-corrected chi connectivity index (χ2v) is 6.49. The number of nitrogens with one attached hydrogen (secondary N) is 1. The smallest absolute Gasteiger partial charge is 0.248 e. The predicted molar refractivity (Wildman–Crippen MR) is 116 cm³/mol. The minimum absolute atomic E-state index is 0.210.